The minimum Gasteiger partial charge on any atom is -0.497 e. The van der Waals surface area contributed by atoms with Gasteiger partial charge in [-0.3, -0.25) is 9.78 Å². The van der Waals surface area contributed by atoms with E-state index in [2.05, 4.69) is 10.3 Å². The fraction of sp³-hybridized carbons (Fsp3) is 0.286. The highest BCUT2D eigenvalue weighted by atomic mass is 16.5. The van der Waals surface area contributed by atoms with Crippen LogP contribution in [0.25, 0.3) is 11.0 Å². The van der Waals surface area contributed by atoms with Crippen molar-refractivity contribution in [1.82, 2.24) is 10.3 Å². The molecule has 0 radical (unpaired) electrons. The second-order valence-electron chi connectivity index (χ2n) is 6.43. The van der Waals surface area contributed by atoms with Crippen LogP contribution < -0.4 is 15.7 Å². The van der Waals surface area contributed by atoms with Gasteiger partial charge >= 0.3 is 5.63 Å². The molecule has 27 heavy (non-hydrogen) atoms. The molecule has 2 heterocycles. The van der Waals surface area contributed by atoms with Crippen molar-refractivity contribution in [3.63, 3.8) is 0 Å². The number of aromatic nitrogens is 1. The maximum atomic E-state index is 12.4. The van der Waals surface area contributed by atoms with Crippen molar-refractivity contribution in [2.24, 2.45) is 0 Å². The summed E-state index contributed by atoms with van der Waals surface area (Å²) in [6.07, 6.45) is 3.94. The summed E-state index contributed by atoms with van der Waals surface area (Å²) < 4.78 is 10.6. The maximum absolute atomic E-state index is 12.4. The quantitative estimate of drug-likeness (QED) is 0.677. The first kappa shape index (κ1) is 18.6. The lowest BCUT2D eigenvalue weighted by Gasteiger charge is -2.14. The zero-order chi connectivity index (χ0) is 19.4. The number of aryl methyl sites for hydroxylation is 1. The standard InChI is InChI=1S/C21H22N2O4/c1-13-17-7-6-16(26-3)11-19(17)27-21(25)18(13)8-9-20(24)23-14(2)15-5-4-10-22-12-15/h4-7,10-12,14H,8-9H2,1-3H3,(H,23,24). The lowest BCUT2D eigenvalue weighted by molar-refractivity contribution is -0.121. The first-order valence-electron chi connectivity index (χ1n) is 8.79. The lowest BCUT2D eigenvalue weighted by atomic mass is 10.0. The summed E-state index contributed by atoms with van der Waals surface area (Å²) in [6, 6.07) is 8.97. The summed E-state index contributed by atoms with van der Waals surface area (Å²) >= 11 is 0. The number of hydrogen-bond acceptors (Lipinski definition) is 5. The third-order valence-corrected chi connectivity index (χ3v) is 4.66. The van der Waals surface area contributed by atoms with Gasteiger partial charge in [0.2, 0.25) is 5.91 Å². The van der Waals surface area contributed by atoms with E-state index in [1.165, 1.54) is 0 Å². The van der Waals surface area contributed by atoms with Gasteiger partial charge in [0.25, 0.3) is 0 Å². The van der Waals surface area contributed by atoms with Crippen molar-refractivity contribution in [2.45, 2.75) is 32.7 Å². The molecule has 0 aliphatic heterocycles. The number of fused-ring (bicyclic) bond motifs is 1. The van der Waals surface area contributed by atoms with Gasteiger partial charge in [0.1, 0.15) is 11.3 Å². The highest BCUT2D eigenvalue weighted by Gasteiger charge is 2.15. The molecule has 0 saturated heterocycles. The second-order valence-corrected chi connectivity index (χ2v) is 6.43. The predicted octanol–water partition coefficient (Wildman–Crippen LogP) is 3.32. The molecule has 3 rings (SSSR count). The number of methoxy groups -OCH3 is 1. The monoisotopic (exact) mass is 366 g/mol. The van der Waals surface area contributed by atoms with Crippen LogP contribution in [0.1, 0.15) is 36.1 Å². The van der Waals surface area contributed by atoms with E-state index in [-0.39, 0.29) is 18.4 Å². The first-order valence-corrected chi connectivity index (χ1v) is 8.79. The molecule has 1 amide bonds. The van der Waals surface area contributed by atoms with Crippen LogP contribution in [-0.2, 0) is 11.2 Å². The Morgan fingerprint density at radius 2 is 2.15 bits per heavy atom. The van der Waals surface area contributed by atoms with Crippen molar-refractivity contribution in [2.75, 3.05) is 7.11 Å². The Labute approximate surface area is 157 Å². The molecule has 1 unspecified atom stereocenters. The Kier molecular flexibility index (Phi) is 5.54. The summed E-state index contributed by atoms with van der Waals surface area (Å²) in [5.74, 6) is 0.501. The smallest absolute Gasteiger partial charge is 0.339 e. The van der Waals surface area contributed by atoms with Crippen molar-refractivity contribution >= 4 is 16.9 Å². The summed E-state index contributed by atoms with van der Waals surface area (Å²) in [4.78, 5) is 28.7. The number of carbonyl (C=O) groups excluding carboxylic acids is 1. The van der Waals surface area contributed by atoms with Gasteiger partial charge in [0.15, 0.2) is 0 Å². The molecule has 3 aromatic rings. The van der Waals surface area contributed by atoms with E-state index in [1.807, 2.05) is 38.1 Å². The molecule has 6 nitrogen and oxygen atoms in total. The molecule has 0 aliphatic carbocycles. The number of ether oxygens (including phenoxy) is 1. The van der Waals surface area contributed by atoms with Gasteiger partial charge in [-0.25, -0.2) is 4.79 Å². The van der Waals surface area contributed by atoms with Crippen molar-refractivity contribution < 1.29 is 13.9 Å². The molecular weight excluding hydrogens is 344 g/mol. The minimum absolute atomic E-state index is 0.125. The molecule has 6 heteroatoms. The molecule has 1 atom stereocenters. The fourth-order valence-electron chi connectivity index (χ4n) is 3.06. The van der Waals surface area contributed by atoms with Crippen LogP contribution in [0.3, 0.4) is 0 Å². The van der Waals surface area contributed by atoms with Gasteiger partial charge in [0, 0.05) is 35.8 Å². The molecule has 0 saturated carbocycles. The van der Waals surface area contributed by atoms with Crippen LogP contribution in [0.15, 0.2) is 51.9 Å². The Balaban J connectivity index is 1.73. The molecule has 1 N–H and O–H groups in total. The topological polar surface area (TPSA) is 81.4 Å². The Bertz CT molecular complexity index is 1010. The lowest BCUT2D eigenvalue weighted by Crippen LogP contribution is -2.27. The minimum atomic E-state index is -0.415. The van der Waals surface area contributed by atoms with Crippen LogP contribution >= 0.6 is 0 Å². The van der Waals surface area contributed by atoms with E-state index in [0.717, 1.165) is 16.5 Å². The molecule has 140 valence electrons. The van der Waals surface area contributed by atoms with Crippen LogP contribution in [0.5, 0.6) is 5.75 Å². The number of carbonyl (C=O) groups is 1. The number of rotatable bonds is 6. The predicted molar refractivity (Wildman–Crippen MR) is 103 cm³/mol. The van der Waals surface area contributed by atoms with Gasteiger partial charge < -0.3 is 14.5 Å². The maximum Gasteiger partial charge on any atom is 0.339 e. The fourth-order valence-corrected chi connectivity index (χ4v) is 3.06. The largest absolute Gasteiger partial charge is 0.497 e. The van der Waals surface area contributed by atoms with Gasteiger partial charge in [0.05, 0.1) is 13.2 Å². The zero-order valence-electron chi connectivity index (χ0n) is 15.6. The summed E-state index contributed by atoms with van der Waals surface area (Å²) in [5.41, 5.74) is 2.35. The normalized spacial score (nSPS) is 12.0. The number of nitrogens with zero attached hydrogens (tertiary/aromatic N) is 1. The number of benzene rings is 1. The Hall–Kier alpha value is -3.15. The molecule has 0 aliphatic rings. The van der Waals surface area contributed by atoms with E-state index >= 15 is 0 Å². The molecule has 2 aromatic heterocycles. The summed E-state index contributed by atoms with van der Waals surface area (Å²) in [7, 11) is 1.56. The van der Waals surface area contributed by atoms with Crippen LogP contribution in [0.2, 0.25) is 0 Å². The van der Waals surface area contributed by atoms with Crippen molar-refractivity contribution in [3.8, 4) is 5.75 Å². The highest BCUT2D eigenvalue weighted by Crippen LogP contribution is 2.24. The highest BCUT2D eigenvalue weighted by molar-refractivity contribution is 5.82. The van der Waals surface area contributed by atoms with E-state index < -0.39 is 5.63 Å². The Morgan fingerprint density at radius 1 is 1.33 bits per heavy atom. The third-order valence-electron chi connectivity index (χ3n) is 4.66. The molecular formula is C21H22N2O4. The van der Waals surface area contributed by atoms with Crippen molar-refractivity contribution in [1.29, 1.82) is 0 Å². The third kappa shape index (κ3) is 4.16. The first-order chi connectivity index (χ1) is 13.0. The van der Waals surface area contributed by atoms with E-state index in [1.54, 1.807) is 25.6 Å². The number of amides is 1. The summed E-state index contributed by atoms with van der Waals surface area (Å²) in [5, 5.41) is 3.77. The van der Waals surface area contributed by atoms with E-state index in [4.69, 9.17) is 9.15 Å². The molecule has 0 fully saturated rings. The second kappa shape index (κ2) is 8.03. The van der Waals surface area contributed by atoms with Crippen LogP contribution in [0.4, 0.5) is 0 Å². The summed E-state index contributed by atoms with van der Waals surface area (Å²) in [6.45, 7) is 3.77. The van der Waals surface area contributed by atoms with Crippen LogP contribution in [0, 0.1) is 6.92 Å². The van der Waals surface area contributed by atoms with Gasteiger partial charge in [-0.05, 0) is 49.6 Å². The average Bonchev–Trinajstić information content (AvgIpc) is 2.67. The molecule has 1 aromatic carbocycles. The zero-order valence-corrected chi connectivity index (χ0v) is 15.6. The van der Waals surface area contributed by atoms with E-state index in [9.17, 15) is 9.59 Å². The molecule has 0 bridgehead atoms. The average molecular weight is 366 g/mol. The Morgan fingerprint density at radius 3 is 2.85 bits per heavy atom. The number of hydrogen-bond donors (Lipinski definition) is 1. The number of pyridine rings is 1. The van der Waals surface area contributed by atoms with Gasteiger partial charge in [-0.15, -0.1) is 0 Å². The SMILES string of the molecule is COc1ccc2c(C)c(CCC(=O)NC(C)c3cccnc3)c(=O)oc2c1. The van der Waals surface area contributed by atoms with Gasteiger partial charge in [-0.2, -0.15) is 0 Å². The van der Waals surface area contributed by atoms with Crippen molar-refractivity contribution in [3.05, 3.63) is 69.8 Å². The molecule has 0 spiro atoms. The van der Waals surface area contributed by atoms with E-state index in [0.29, 0.717) is 23.3 Å². The van der Waals surface area contributed by atoms with Gasteiger partial charge in [-0.1, -0.05) is 6.07 Å². The van der Waals surface area contributed by atoms with Crippen LogP contribution in [-0.4, -0.2) is 18.0 Å². The number of nitrogens with one attached hydrogen (secondary N) is 1.